The Bertz CT molecular complexity index is 714. The molecule has 1 aliphatic heterocycles. The van der Waals surface area contributed by atoms with Gasteiger partial charge >= 0.3 is 0 Å². The summed E-state index contributed by atoms with van der Waals surface area (Å²) in [5.41, 5.74) is 1.23. The van der Waals surface area contributed by atoms with Crippen LogP contribution in [0.15, 0.2) is 36.5 Å². The Morgan fingerprint density at radius 2 is 1.88 bits per heavy atom. The summed E-state index contributed by atoms with van der Waals surface area (Å²) in [6, 6.07) is 9.74. The van der Waals surface area contributed by atoms with Crippen LogP contribution in [0.1, 0.15) is 12.5 Å². The summed E-state index contributed by atoms with van der Waals surface area (Å²) in [4.78, 5) is 24.3. The topological polar surface area (TPSA) is 61.4 Å². The number of hydrogen-bond donors (Lipinski definition) is 1. The standard InChI is InChI=1S/C18H22ClN5O/c1-14(25)23-10-12-24(13-11-23)18-21-9-7-17(22-18)20-8-6-15-2-4-16(19)5-3-15/h2-5,7,9H,6,8,10-13H2,1H3,(H,20,21,22). The maximum Gasteiger partial charge on any atom is 0.227 e. The lowest BCUT2D eigenvalue weighted by molar-refractivity contribution is -0.129. The molecular formula is C18H22ClN5O. The maximum atomic E-state index is 11.4. The number of aromatic nitrogens is 2. The number of rotatable bonds is 5. The minimum absolute atomic E-state index is 0.123. The zero-order valence-electron chi connectivity index (χ0n) is 14.3. The van der Waals surface area contributed by atoms with Gasteiger partial charge in [0.1, 0.15) is 5.82 Å². The Morgan fingerprint density at radius 1 is 1.16 bits per heavy atom. The van der Waals surface area contributed by atoms with Crippen molar-refractivity contribution in [2.45, 2.75) is 13.3 Å². The molecule has 0 radical (unpaired) electrons. The van der Waals surface area contributed by atoms with Crippen LogP contribution in [0, 0.1) is 0 Å². The van der Waals surface area contributed by atoms with Crippen LogP contribution < -0.4 is 10.2 Å². The first kappa shape index (κ1) is 17.5. The minimum Gasteiger partial charge on any atom is -0.370 e. The fourth-order valence-corrected chi connectivity index (χ4v) is 2.93. The first-order valence-electron chi connectivity index (χ1n) is 8.43. The number of piperazine rings is 1. The highest BCUT2D eigenvalue weighted by atomic mass is 35.5. The number of hydrogen-bond acceptors (Lipinski definition) is 5. The summed E-state index contributed by atoms with van der Waals surface area (Å²) < 4.78 is 0. The third-order valence-corrected chi connectivity index (χ3v) is 4.54. The number of nitrogens with zero attached hydrogens (tertiary/aromatic N) is 4. The van der Waals surface area contributed by atoms with Gasteiger partial charge in [-0.25, -0.2) is 4.98 Å². The summed E-state index contributed by atoms with van der Waals surface area (Å²) in [5.74, 6) is 1.64. The molecule has 0 aliphatic carbocycles. The number of carbonyl (C=O) groups excluding carboxylic acids is 1. The molecule has 7 heteroatoms. The SMILES string of the molecule is CC(=O)N1CCN(c2nccc(NCCc3ccc(Cl)cc3)n2)CC1. The van der Waals surface area contributed by atoms with Crippen LogP contribution in [0.25, 0.3) is 0 Å². The van der Waals surface area contributed by atoms with Gasteiger partial charge in [-0.05, 0) is 30.2 Å². The molecule has 1 fully saturated rings. The number of benzene rings is 1. The monoisotopic (exact) mass is 359 g/mol. The van der Waals surface area contributed by atoms with E-state index in [1.807, 2.05) is 35.2 Å². The average molecular weight is 360 g/mol. The van der Waals surface area contributed by atoms with E-state index < -0.39 is 0 Å². The van der Waals surface area contributed by atoms with Crippen molar-refractivity contribution < 1.29 is 4.79 Å². The predicted octanol–water partition coefficient (Wildman–Crippen LogP) is 2.45. The second-order valence-electron chi connectivity index (χ2n) is 6.04. The normalized spacial score (nSPS) is 14.5. The molecule has 3 rings (SSSR count). The smallest absolute Gasteiger partial charge is 0.227 e. The average Bonchev–Trinajstić information content (AvgIpc) is 2.64. The number of carbonyl (C=O) groups is 1. The molecule has 1 saturated heterocycles. The van der Waals surface area contributed by atoms with Crippen LogP contribution >= 0.6 is 11.6 Å². The molecule has 6 nitrogen and oxygen atoms in total. The predicted molar refractivity (Wildman–Crippen MR) is 100 cm³/mol. The number of anilines is 2. The molecule has 132 valence electrons. The summed E-state index contributed by atoms with van der Waals surface area (Å²) >= 11 is 5.90. The van der Waals surface area contributed by atoms with Crippen molar-refractivity contribution in [3.05, 3.63) is 47.1 Å². The van der Waals surface area contributed by atoms with Gasteiger partial charge in [-0.3, -0.25) is 4.79 Å². The van der Waals surface area contributed by atoms with E-state index in [9.17, 15) is 4.79 Å². The quantitative estimate of drug-likeness (QED) is 0.888. The molecule has 0 unspecified atom stereocenters. The van der Waals surface area contributed by atoms with E-state index in [1.165, 1.54) is 5.56 Å². The zero-order valence-corrected chi connectivity index (χ0v) is 15.0. The molecule has 1 aliphatic rings. The van der Waals surface area contributed by atoms with Crippen molar-refractivity contribution in [3.8, 4) is 0 Å². The van der Waals surface area contributed by atoms with Gasteiger partial charge in [0.2, 0.25) is 11.9 Å². The van der Waals surface area contributed by atoms with Crippen LogP contribution in [0.5, 0.6) is 0 Å². The summed E-state index contributed by atoms with van der Waals surface area (Å²) in [5, 5.41) is 4.09. The van der Waals surface area contributed by atoms with Crippen molar-refractivity contribution >= 4 is 29.3 Å². The van der Waals surface area contributed by atoms with Gasteiger partial charge in [-0.15, -0.1) is 0 Å². The lowest BCUT2D eigenvalue weighted by Crippen LogP contribution is -2.48. The van der Waals surface area contributed by atoms with Gasteiger partial charge in [-0.2, -0.15) is 4.98 Å². The largest absolute Gasteiger partial charge is 0.370 e. The van der Waals surface area contributed by atoms with Gasteiger partial charge < -0.3 is 15.1 Å². The van der Waals surface area contributed by atoms with Crippen molar-refractivity contribution in [1.82, 2.24) is 14.9 Å². The van der Waals surface area contributed by atoms with Crippen LogP contribution in [0.3, 0.4) is 0 Å². The zero-order chi connectivity index (χ0) is 17.6. The molecule has 1 N–H and O–H groups in total. The Morgan fingerprint density at radius 3 is 2.56 bits per heavy atom. The summed E-state index contributed by atoms with van der Waals surface area (Å²) in [6.45, 7) is 5.34. The third kappa shape index (κ3) is 4.82. The highest BCUT2D eigenvalue weighted by Gasteiger charge is 2.20. The number of amides is 1. The number of nitrogens with one attached hydrogen (secondary N) is 1. The lowest BCUT2D eigenvalue weighted by atomic mass is 10.1. The van der Waals surface area contributed by atoms with Crippen LogP contribution in [-0.4, -0.2) is 53.5 Å². The number of halogens is 1. The van der Waals surface area contributed by atoms with Gasteiger partial charge in [0.25, 0.3) is 0 Å². The molecule has 2 heterocycles. The van der Waals surface area contributed by atoms with Crippen molar-refractivity contribution in [2.75, 3.05) is 42.9 Å². The van der Waals surface area contributed by atoms with Gasteiger partial charge in [0.15, 0.2) is 0 Å². The van der Waals surface area contributed by atoms with Crippen molar-refractivity contribution in [2.24, 2.45) is 0 Å². The van der Waals surface area contributed by atoms with E-state index in [-0.39, 0.29) is 5.91 Å². The summed E-state index contributed by atoms with van der Waals surface area (Å²) in [7, 11) is 0. The van der Waals surface area contributed by atoms with Crippen LogP contribution in [0.2, 0.25) is 5.02 Å². The first-order valence-corrected chi connectivity index (χ1v) is 8.81. The van der Waals surface area contributed by atoms with Crippen LogP contribution in [0.4, 0.5) is 11.8 Å². The highest BCUT2D eigenvalue weighted by Crippen LogP contribution is 2.14. The molecule has 0 atom stereocenters. The van der Waals surface area contributed by atoms with Gasteiger partial charge in [0, 0.05) is 50.9 Å². The van der Waals surface area contributed by atoms with Crippen LogP contribution in [-0.2, 0) is 11.2 Å². The van der Waals surface area contributed by atoms with Crippen molar-refractivity contribution in [1.29, 1.82) is 0 Å². The van der Waals surface area contributed by atoms with E-state index >= 15 is 0 Å². The van der Waals surface area contributed by atoms with Gasteiger partial charge in [0.05, 0.1) is 0 Å². The fraction of sp³-hybridized carbons (Fsp3) is 0.389. The molecular weight excluding hydrogens is 338 g/mol. The van der Waals surface area contributed by atoms with Gasteiger partial charge in [-0.1, -0.05) is 23.7 Å². The van der Waals surface area contributed by atoms with E-state index in [0.717, 1.165) is 36.9 Å². The van der Waals surface area contributed by atoms with E-state index in [4.69, 9.17) is 11.6 Å². The molecule has 25 heavy (non-hydrogen) atoms. The molecule has 1 amide bonds. The lowest BCUT2D eigenvalue weighted by Gasteiger charge is -2.34. The van der Waals surface area contributed by atoms with Crippen molar-refractivity contribution in [3.63, 3.8) is 0 Å². The molecule has 0 saturated carbocycles. The Kier molecular flexibility index (Phi) is 5.71. The molecule has 1 aromatic heterocycles. The Balaban J connectivity index is 1.53. The third-order valence-electron chi connectivity index (χ3n) is 4.28. The Hall–Kier alpha value is -2.34. The van der Waals surface area contributed by atoms with E-state index in [0.29, 0.717) is 19.0 Å². The Labute approximate surface area is 152 Å². The maximum absolute atomic E-state index is 11.4. The molecule has 0 spiro atoms. The van der Waals surface area contributed by atoms with E-state index in [1.54, 1.807) is 13.1 Å². The molecule has 1 aromatic carbocycles. The molecule has 0 bridgehead atoms. The summed E-state index contributed by atoms with van der Waals surface area (Å²) in [6.07, 6.45) is 2.66. The minimum atomic E-state index is 0.123. The fourth-order valence-electron chi connectivity index (χ4n) is 2.81. The van der Waals surface area contributed by atoms with E-state index in [2.05, 4.69) is 20.2 Å². The highest BCUT2D eigenvalue weighted by molar-refractivity contribution is 6.30. The first-order chi connectivity index (χ1) is 12.1. The second kappa shape index (κ2) is 8.16. The molecule has 2 aromatic rings. The second-order valence-corrected chi connectivity index (χ2v) is 6.47.